The number of benzene rings is 1. The molecule has 134 valence electrons. The monoisotopic (exact) mass is 350 g/mol. The van der Waals surface area contributed by atoms with Crippen LogP contribution in [0, 0.1) is 12.3 Å². The third-order valence-electron chi connectivity index (χ3n) is 5.27. The van der Waals surface area contributed by atoms with Crippen molar-refractivity contribution in [3.63, 3.8) is 0 Å². The Morgan fingerprint density at radius 3 is 2.88 bits per heavy atom. The van der Waals surface area contributed by atoms with E-state index in [0.29, 0.717) is 25.3 Å². The normalized spacial score (nSPS) is 20.0. The van der Waals surface area contributed by atoms with Crippen LogP contribution in [0.15, 0.2) is 36.5 Å². The van der Waals surface area contributed by atoms with Gasteiger partial charge in [0.05, 0.1) is 16.9 Å². The van der Waals surface area contributed by atoms with Gasteiger partial charge >= 0.3 is 0 Å². The van der Waals surface area contributed by atoms with E-state index in [1.54, 1.807) is 10.9 Å². The summed E-state index contributed by atoms with van der Waals surface area (Å²) in [5, 5.41) is 9.44. The van der Waals surface area contributed by atoms with Gasteiger partial charge in [-0.3, -0.25) is 9.78 Å². The van der Waals surface area contributed by atoms with Crippen LogP contribution in [0.5, 0.6) is 0 Å². The van der Waals surface area contributed by atoms with Crippen LogP contribution in [0.1, 0.15) is 29.5 Å². The second-order valence-electron chi connectivity index (χ2n) is 7.28. The third-order valence-corrected chi connectivity index (χ3v) is 5.27. The Balaban J connectivity index is 1.70. The van der Waals surface area contributed by atoms with E-state index < -0.39 is 0 Å². The van der Waals surface area contributed by atoms with E-state index in [1.807, 2.05) is 42.2 Å². The number of amides is 1. The molecule has 0 spiro atoms. The highest BCUT2D eigenvalue weighted by atomic mass is 16.2. The SMILES string of the molecule is Cc1c(C(=O)N2CCC(C)(CN)C2)nnn1-c1cccc2cccnc12. The summed E-state index contributed by atoms with van der Waals surface area (Å²) in [5.41, 5.74) is 8.60. The van der Waals surface area contributed by atoms with Gasteiger partial charge in [0.1, 0.15) is 0 Å². The summed E-state index contributed by atoms with van der Waals surface area (Å²) in [6.07, 6.45) is 2.66. The Hall–Kier alpha value is -2.80. The van der Waals surface area contributed by atoms with Crippen molar-refractivity contribution in [3.8, 4) is 5.69 Å². The quantitative estimate of drug-likeness (QED) is 0.779. The van der Waals surface area contributed by atoms with E-state index in [-0.39, 0.29) is 11.3 Å². The van der Waals surface area contributed by atoms with E-state index in [9.17, 15) is 4.79 Å². The van der Waals surface area contributed by atoms with Crippen LogP contribution in [0.2, 0.25) is 0 Å². The highest BCUT2D eigenvalue weighted by molar-refractivity contribution is 5.94. The number of aromatic nitrogens is 4. The summed E-state index contributed by atoms with van der Waals surface area (Å²) in [7, 11) is 0. The minimum Gasteiger partial charge on any atom is -0.337 e. The number of rotatable bonds is 3. The summed E-state index contributed by atoms with van der Waals surface area (Å²) in [6.45, 7) is 5.92. The lowest BCUT2D eigenvalue weighted by Crippen LogP contribution is -2.35. The number of nitrogens with two attached hydrogens (primary N) is 1. The molecule has 0 saturated carbocycles. The van der Waals surface area contributed by atoms with Crippen molar-refractivity contribution in [3.05, 3.63) is 47.9 Å². The molecule has 0 radical (unpaired) electrons. The van der Waals surface area contributed by atoms with Crippen molar-refractivity contribution in [2.45, 2.75) is 20.3 Å². The van der Waals surface area contributed by atoms with Crippen LogP contribution >= 0.6 is 0 Å². The summed E-state index contributed by atoms with van der Waals surface area (Å²) in [6, 6.07) is 9.79. The molecule has 1 aliphatic rings. The van der Waals surface area contributed by atoms with Crippen LogP contribution in [-0.4, -0.2) is 50.4 Å². The predicted molar refractivity (Wildman–Crippen MR) is 99.1 cm³/mol. The number of likely N-dealkylation sites (tertiary alicyclic amines) is 1. The zero-order valence-corrected chi connectivity index (χ0v) is 15.0. The highest BCUT2D eigenvalue weighted by Gasteiger charge is 2.36. The van der Waals surface area contributed by atoms with Gasteiger partial charge < -0.3 is 10.6 Å². The van der Waals surface area contributed by atoms with Gasteiger partial charge in [-0.1, -0.05) is 30.3 Å². The Bertz CT molecular complexity index is 976. The molecule has 1 fully saturated rings. The second kappa shape index (κ2) is 6.17. The van der Waals surface area contributed by atoms with Crippen molar-refractivity contribution in [1.29, 1.82) is 0 Å². The number of para-hydroxylation sites is 1. The van der Waals surface area contributed by atoms with Crippen LogP contribution < -0.4 is 5.73 Å². The van der Waals surface area contributed by atoms with E-state index in [2.05, 4.69) is 22.2 Å². The average molecular weight is 350 g/mol. The maximum Gasteiger partial charge on any atom is 0.276 e. The molecule has 0 bridgehead atoms. The maximum absolute atomic E-state index is 12.9. The zero-order chi connectivity index (χ0) is 18.3. The molecule has 26 heavy (non-hydrogen) atoms. The Morgan fingerprint density at radius 1 is 1.31 bits per heavy atom. The van der Waals surface area contributed by atoms with E-state index in [1.165, 1.54) is 0 Å². The smallest absolute Gasteiger partial charge is 0.276 e. The molecule has 7 nitrogen and oxygen atoms in total. The summed E-state index contributed by atoms with van der Waals surface area (Å²) in [4.78, 5) is 19.2. The lowest BCUT2D eigenvalue weighted by atomic mass is 9.90. The Kier molecular flexibility index (Phi) is 3.96. The molecule has 1 aromatic carbocycles. The minimum atomic E-state index is -0.0841. The van der Waals surface area contributed by atoms with Crippen LogP contribution in [0.3, 0.4) is 0 Å². The first-order valence-corrected chi connectivity index (χ1v) is 8.78. The zero-order valence-electron chi connectivity index (χ0n) is 15.0. The molecule has 2 aromatic heterocycles. The molecule has 3 heterocycles. The van der Waals surface area contributed by atoms with E-state index in [4.69, 9.17) is 5.73 Å². The molecule has 1 unspecified atom stereocenters. The lowest BCUT2D eigenvalue weighted by Gasteiger charge is -2.22. The number of fused-ring (bicyclic) bond motifs is 1. The first kappa shape index (κ1) is 16.7. The number of carbonyl (C=O) groups excluding carboxylic acids is 1. The van der Waals surface area contributed by atoms with Gasteiger partial charge in [-0.15, -0.1) is 5.10 Å². The first-order valence-electron chi connectivity index (χ1n) is 8.78. The van der Waals surface area contributed by atoms with Crippen LogP contribution in [0.4, 0.5) is 0 Å². The third kappa shape index (κ3) is 2.64. The van der Waals surface area contributed by atoms with Gasteiger partial charge in [-0.05, 0) is 37.4 Å². The molecule has 0 aliphatic carbocycles. The van der Waals surface area contributed by atoms with Gasteiger partial charge in [0.2, 0.25) is 0 Å². The van der Waals surface area contributed by atoms with Crippen molar-refractivity contribution in [2.75, 3.05) is 19.6 Å². The fourth-order valence-electron chi connectivity index (χ4n) is 3.53. The number of nitrogens with zero attached hydrogens (tertiary/aromatic N) is 5. The second-order valence-corrected chi connectivity index (χ2v) is 7.28. The fourth-order valence-corrected chi connectivity index (χ4v) is 3.53. The molecule has 1 atom stereocenters. The summed E-state index contributed by atoms with van der Waals surface area (Å²) >= 11 is 0. The van der Waals surface area contributed by atoms with Crippen LogP contribution in [-0.2, 0) is 0 Å². The first-order chi connectivity index (χ1) is 12.5. The number of hydrogen-bond acceptors (Lipinski definition) is 5. The van der Waals surface area contributed by atoms with Gasteiger partial charge in [0.15, 0.2) is 5.69 Å². The number of carbonyl (C=O) groups is 1. The van der Waals surface area contributed by atoms with Crippen molar-refractivity contribution in [2.24, 2.45) is 11.1 Å². The average Bonchev–Trinajstić information content (AvgIpc) is 3.24. The molecule has 4 rings (SSSR count). The predicted octanol–water partition coefficient (Wildman–Crippen LogP) is 1.93. The number of hydrogen-bond donors (Lipinski definition) is 1. The van der Waals surface area contributed by atoms with Gasteiger partial charge in [-0.25, -0.2) is 4.68 Å². The van der Waals surface area contributed by atoms with Crippen molar-refractivity contribution < 1.29 is 4.79 Å². The van der Waals surface area contributed by atoms with E-state index >= 15 is 0 Å². The molecule has 7 heteroatoms. The Labute approximate surface area is 151 Å². The van der Waals surface area contributed by atoms with E-state index in [0.717, 1.165) is 28.7 Å². The van der Waals surface area contributed by atoms with Crippen LogP contribution in [0.25, 0.3) is 16.6 Å². The van der Waals surface area contributed by atoms with Crippen molar-refractivity contribution in [1.82, 2.24) is 24.9 Å². The molecule has 2 N–H and O–H groups in total. The minimum absolute atomic E-state index is 0.0148. The molecule has 1 amide bonds. The highest BCUT2D eigenvalue weighted by Crippen LogP contribution is 2.30. The topological polar surface area (TPSA) is 89.9 Å². The van der Waals surface area contributed by atoms with Crippen molar-refractivity contribution >= 4 is 16.8 Å². The summed E-state index contributed by atoms with van der Waals surface area (Å²) in [5.74, 6) is -0.0841. The molecule has 1 saturated heterocycles. The van der Waals surface area contributed by atoms with Gasteiger partial charge in [0.25, 0.3) is 5.91 Å². The lowest BCUT2D eigenvalue weighted by molar-refractivity contribution is 0.0770. The Morgan fingerprint density at radius 2 is 2.12 bits per heavy atom. The maximum atomic E-state index is 12.9. The van der Waals surface area contributed by atoms with Gasteiger partial charge in [0, 0.05) is 24.7 Å². The molecule has 3 aromatic rings. The molecule has 1 aliphatic heterocycles. The molecular formula is C19H22N6O. The number of pyridine rings is 1. The fraction of sp³-hybridized carbons (Fsp3) is 0.368. The van der Waals surface area contributed by atoms with Gasteiger partial charge in [-0.2, -0.15) is 0 Å². The largest absolute Gasteiger partial charge is 0.337 e. The standard InChI is InChI=1S/C19H22N6O/c1-13-16(18(26)24-10-8-19(2,11-20)12-24)22-23-25(13)15-7-3-5-14-6-4-9-21-17(14)15/h3-7,9H,8,10-12,20H2,1-2H3. The molecular weight excluding hydrogens is 328 g/mol. The summed E-state index contributed by atoms with van der Waals surface area (Å²) < 4.78 is 1.70.